The first-order valence-electron chi connectivity index (χ1n) is 8.42. The van der Waals surface area contributed by atoms with Crippen molar-refractivity contribution in [3.05, 3.63) is 70.9 Å². The minimum absolute atomic E-state index is 0.225. The fourth-order valence-electron chi connectivity index (χ4n) is 3.28. The number of para-hydroxylation sites is 1. The molecule has 0 atom stereocenters. The molecule has 25 heavy (non-hydrogen) atoms. The molecule has 0 spiro atoms. The number of nitrogens with zero attached hydrogens (tertiary/aromatic N) is 2. The summed E-state index contributed by atoms with van der Waals surface area (Å²) in [5.41, 5.74) is 4.73. The Kier molecular flexibility index (Phi) is 4.45. The van der Waals surface area contributed by atoms with E-state index in [1.807, 2.05) is 81.2 Å². The van der Waals surface area contributed by atoms with Crippen molar-refractivity contribution in [3.8, 4) is 0 Å². The molecule has 0 fully saturated rings. The highest BCUT2D eigenvalue weighted by atomic mass is 16.2. The molecular weight excluding hydrogens is 312 g/mol. The standard InChI is InChI=1S/C21H22N2O2/c1-5-23-20(24)18(17-12-11-14(2)13-15(17)3)19(21(23)25)22(4)16-9-7-6-8-10-16/h6-13H,5H2,1-4H3. The highest BCUT2D eigenvalue weighted by Crippen LogP contribution is 2.34. The number of aryl methyl sites for hydroxylation is 2. The summed E-state index contributed by atoms with van der Waals surface area (Å²) >= 11 is 0. The van der Waals surface area contributed by atoms with Crippen LogP contribution in [0, 0.1) is 13.8 Å². The Labute approximate surface area is 148 Å². The average Bonchev–Trinajstić information content (AvgIpc) is 2.85. The normalized spacial score (nSPS) is 14.5. The van der Waals surface area contributed by atoms with Gasteiger partial charge in [0.1, 0.15) is 5.70 Å². The highest BCUT2D eigenvalue weighted by molar-refractivity contribution is 6.36. The van der Waals surface area contributed by atoms with Crippen LogP contribution >= 0.6 is 0 Å². The van der Waals surface area contributed by atoms with Gasteiger partial charge in [-0.25, -0.2) is 0 Å². The van der Waals surface area contributed by atoms with Gasteiger partial charge in [-0.2, -0.15) is 0 Å². The maximum atomic E-state index is 13.0. The predicted octanol–water partition coefficient (Wildman–Crippen LogP) is 3.54. The van der Waals surface area contributed by atoms with E-state index in [-0.39, 0.29) is 11.8 Å². The van der Waals surface area contributed by atoms with Crippen LogP contribution in [-0.4, -0.2) is 30.3 Å². The van der Waals surface area contributed by atoms with Crippen LogP contribution in [-0.2, 0) is 9.59 Å². The molecule has 1 aliphatic rings. The lowest BCUT2D eigenvalue weighted by Crippen LogP contribution is -2.33. The van der Waals surface area contributed by atoms with Gasteiger partial charge in [0.25, 0.3) is 11.8 Å². The molecule has 0 bridgehead atoms. The summed E-state index contributed by atoms with van der Waals surface area (Å²) in [6, 6.07) is 15.6. The van der Waals surface area contributed by atoms with E-state index in [1.54, 1.807) is 0 Å². The van der Waals surface area contributed by atoms with Gasteiger partial charge in [0.15, 0.2) is 0 Å². The first-order chi connectivity index (χ1) is 12.0. The van der Waals surface area contributed by atoms with Crippen molar-refractivity contribution in [3.63, 3.8) is 0 Å². The van der Waals surface area contributed by atoms with Crippen molar-refractivity contribution < 1.29 is 9.59 Å². The molecule has 1 aliphatic heterocycles. The van der Waals surface area contributed by atoms with Gasteiger partial charge in [0.05, 0.1) is 5.57 Å². The van der Waals surface area contributed by atoms with E-state index in [4.69, 9.17) is 0 Å². The van der Waals surface area contributed by atoms with Gasteiger partial charge in [-0.1, -0.05) is 42.0 Å². The number of hydrogen-bond acceptors (Lipinski definition) is 3. The van der Waals surface area contributed by atoms with Crippen molar-refractivity contribution in [2.24, 2.45) is 0 Å². The molecule has 4 nitrogen and oxygen atoms in total. The number of carbonyl (C=O) groups is 2. The molecular formula is C21H22N2O2. The number of anilines is 1. The Balaban J connectivity index is 2.21. The summed E-state index contributed by atoms with van der Waals surface area (Å²) in [7, 11) is 1.83. The Morgan fingerprint density at radius 3 is 2.24 bits per heavy atom. The van der Waals surface area contributed by atoms with Crippen LogP contribution < -0.4 is 4.90 Å². The maximum absolute atomic E-state index is 13.0. The number of hydrogen-bond donors (Lipinski definition) is 0. The SMILES string of the molecule is CCN1C(=O)C(c2ccc(C)cc2C)=C(N(C)c2ccccc2)C1=O. The summed E-state index contributed by atoms with van der Waals surface area (Å²) in [5, 5.41) is 0. The number of benzene rings is 2. The molecule has 2 amide bonds. The Hall–Kier alpha value is -2.88. The van der Waals surface area contributed by atoms with E-state index in [1.165, 1.54) is 4.90 Å². The molecule has 0 N–H and O–H groups in total. The van der Waals surface area contributed by atoms with E-state index in [2.05, 4.69) is 0 Å². The Morgan fingerprint density at radius 1 is 0.960 bits per heavy atom. The number of carbonyl (C=O) groups excluding carboxylic acids is 2. The molecule has 2 aromatic carbocycles. The van der Waals surface area contributed by atoms with Gasteiger partial charge < -0.3 is 4.90 Å². The molecule has 3 rings (SSSR count). The third kappa shape index (κ3) is 2.84. The first-order valence-corrected chi connectivity index (χ1v) is 8.42. The largest absolute Gasteiger partial charge is 0.339 e. The van der Waals surface area contributed by atoms with Crippen LogP contribution in [0.15, 0.2) is 54.2 Å². The van der Waals surface area contributed by atoms with Gasteiger partial charge in [-0.05, 0) is 44.0 Å². The Morgan fingerprint density at radius 2 is 1.64 bits per heavy atom. The average molecular weight is 334 g/mol. The van der Waals surface area contributed by atoms with Crippen LogP contribution in [0.25, 0.3) is 5.57 Å². The first kappa shape index (κ1) is 17.0. The van der Waals surface area contributed by atoms with E-state index in [0.29, 0.717) is 17.8 Å². The summed E-state index contributed by atoms with van der Waals surface area (Å²) in [6.45, 7) is 6.17. The molecule has 0 saturated heterocycles. The van der Waals surface area contributed by atoms with E-state index >= 15 is 0 Å². The van der Waals surface area contributed by atoms with Crippen LogP contribution in [0.1, 0.15) is 23.6 Å². The van der Waals surface area contributed by atoms with Gasteiger partial charge in [0.2, 0.25) is 0 Å². The van der Waals surface area contributed by atoms with Crippen LogP contribution in [0.4, 0.5) is 5.69 Å². The third-order valence-electron chi connectivity index (χ3n) is 4.59. The summed E-state index contributed by atoms with van der Waals surface area (Å²) < 4.78 is 0. The zero-order chi connectivity index (χ0) is 18.1. The molecule has 2 aromatic rings. The second-order valence-electron chi connectivity index (χ2n) is 6.29. The van der Waals surface area contributed by atoms with E-state index in [0.717, 1.165) is 22.4 Å². The van der Waals surface area contributed by atoms with Crippen molar-refractivity contribution in [2.75, 3.05) is 18.5 Å². The number of rotatable bonds is 4. The van der Waals surface area contributed by atoms with Crippen molar-refractivity contribution >= 4 is 23.1 Å². The summed E-state index contributed by atoms with van der Waals surface area (Å²) in [5.74, 6) is -0.467. The molecule has 0 aromatic heterocycles. The lowest BCUT2D eigenvalue weighted by molar-refractivity contribution is -0.136. The van der Waals surface area contributed by atoms with Crippen molar-refractivity contribution in [1.29, 1.82) is 0 Å². The summed E-state index contributed by atoms with van der Waals surface area (Å²) in [4.78, 5) is 29.0. The molecule has 4 heteroatoms. The monoisotopic (exact) mass is 334 g/mol. The van der Waals surface area contributed by atoms with Crippen LogP contribution in [0.3, 0.4) is 0 Å². The molecule has 0 saturated carbocycles. The maximum Gasteiger partial charge on any atom is 0.278 e. The smallest absolute Gasteiger partial charge is 0.278 e. The van der Waals surface area contributed by atoms with Crippen molar-refractivity contribution in [2.45, 2.75) is 20.8 Å². The Bertz CT molecular complexity index is 869. The second-order valence-corrected chi connectivity index (χ2v) is 6.29. The number of likely N-dealkylation sites (N-methyl/N-ethyl adjacent to an activating group) is 2. The minimum Gasteiger partial charge on any atom is -0.339 e. The van der Waals surface area contributed by atoms with Gasteiger partial charge >= 0.3 is 0 Å². The van der Waals surface area contributed by atoms with Gasteiger partial charge in [0, 0.05) is 19.3 Å². The zero-order valence-electron chi connectivity index (χ0n) is 15.0. The zero-order valence-corrected chi connectivity index (χ0v) is 15.0. The van der Waals surface area contributed by atoms with Crippen LogP contribution in [0.5, 0.6) is 0 Å². The minimum atomic E-state index is -0.242. The van der Waals surface area contributed by atoms with E-state index in [9.17, 15) is 9.59 Å². The fraction of sp³-hybridized carbons (Fsp3) is 0.238. The molecule has 0 radical (unpaired) electrons. The predicted molar refractivity (Wildman–Crippen MR) is 100 cm³/mol. The highest BCUT2D eigenvalue weighted by Gasteiger charge is 2.40. The lowest BCUT2D eigenvalue weighted by Gasteiger charge is -2.21. The number of imide groups is 1. The van der Waals surface area contributed by atoms with Crippen LogP contribution in [0.2, 0.25) is 0 Å². The fourth-order valence-corrected chi connectivity index (χ4v) is 3.28. The topological polar surface area (TPSA) is 40.6 Å². The lowest BCUT2D eigenvalue weighted by atomic mass is 9.97. The van der Waals surface area contributed by atoms with Gasteiger partial charge in [-0.3, -0.25) is 14.5 Å². The van der Waals surface area contributed by atoms with Gasteiger partial charge in [-0.15, -0.1) is 0 Å². The number of amides is 2. The van der Waals surface area contributed by atoms with Crippen molar-refractivity contribution in [1.82, 2.24) is 4.90 Å². The third-order valence-corrected chi connectivity index (χ3v) is 4.59. The molecule has 128 valence electrons. The molecule has 0 aliphatic carbocycles. The molecule has 0 unspecified atom stereocenters. The second kappa shape index (κ2) is 6.55. The van der Waals surface area contributed by atoms with E-state index < -0.39 is 0 Å². The quantitative estimate of drug-likeness (QED) is 0.803. The molecule has 1 heterocycles. The summed E-state index contributed by atoms with van der Waals surface area (Å²) in [6.07, 6.45) is 0.